The molecule has 100 valence electrons. The second-order valence-corrected chi connectivity index (χ2v) is 4.88. The number of hydrogen-bond donors (Lipinski definition) is 2. The van der Waals surface area contributed by atoms with Gasteiger partial charge in [-0.1, -0.05) is 19.8 Å². The maximum atomic E-state index is 11.8. The molecule has 17 heavy (non-hydrogen) atoms. The highest BCUT2D eigenvalue weighted by Crippen LogP contribution is 2.28. The van der Waals surface area contributed by atoms with Gasteiger partial charge in [0.2, 0.25) is 5.91 Å². The van der Waals surface area contributed by atoms with Gasteiger partial charge in [-0.2, -0.15) is 0 Å². The molecule has 1 aliphatic rings. The quantitative estimate of drug-likeness (QED) is 0.662. The molecule has 0 heterocycles. The Bertz CT molecular complexity index is 233. The second kappa shape index (κ2) is 7.67. The van der Waals surface area contributed by atoms with E-state index in [1.165, 1.54) is 25.7 Å². The zero-order valence-electron chi connectivity index (χ0n) is 11.3. The molecular weight excluding hydrogens is 216 g/mol. The molecule has 1 aliphatic carbocycles. The van der Waals surface area contributed by atoms with Crippen molar-refractivity contribution in [2.45, 2.75) is 51.6 Å². The van der Waals surface area contributed by atoms with Crippen LogP contribution in [-0.4, -0.2) is 38.3 Å². The Morgan fingerprint density at radius 2 is 2.24 bits per heavy atom. The number of hydrogen-bond acceptors (Lipinski definition) is 3. The molecular formula is C13H26N2O2. The van der Waals surface area contributed by atoms with Crippen LogP contribution in [0.25, 0.3) is 0 Å². The standard InChI is InChI=1S/C13H26N2O2/c1-4-11-6-5-7-12(11)15-10(2)13(16)14-8-9-17-3/h10-12,15H,4-9H2,1-3H3,(H,14,16). The van der Waals surface area contributed by atoms with Crippen LogP contribution in [0.5, 0.6) is 0 Å². The lowest BCUT2D eigenvalue weighted by Crippen LogP contribution is -2.48. The van der Waals surface area contributed by atoms with Gasteiger partial charge in [-0.05, 0) is 25.7 Å². The molecule has 1 fully saturated rings. The smallest absolute Gasteiger partial charge is 0.236 e. The molecule has 0 aromatic rings. The molecule has 0 bridgehead atoms. The van der Waals surface area contributed by atoms with Crippen molar-refractivity contribution in [3.63, 3.8) is 0 Å². The zero-order chi connectivity index (χ0) is 12.7. The molecule has 4 nitrogen and oxygen atoms in total. The lowest BCUT2D eigenvalue weighted by Gasteiger charge is -2.23. The van der Waals surface area contributed by atoms with Gasteiger partial charge in [0.25, 0.3) is 0 Å². The SMILES string of the molecule is CCC1CCCC1NC(C)C(=O)NCCOC. The van der Waals surface area contributed by atoms with Crippen LogP contribution in [-0.2, 0) is 9.53 Å². The van der Waals surface area contributed by atoms with Crippen molar-refractivity contribution < 1.29 is 9.53 Å². The fourth-order valence-corrected chi connectivity index (χ4v) is 2.57. The minimum Gasteiger partial charge on any atom is -0.383 e. The van der Waals surface area contributed by atoms with Gasteiger partial charge in [0.15, 0.2) is 0 Å². The van der Waals surface area contributed by atoms with E-state index in [0.29, 0.717) is 19.2 Å². The van der Waals surface area contributed by atoms with E-state index in [4.69, 9.17) is 4.74 Å². The van der Waals surface area contributed by atoms with Gasteiger partial charge in [-0.3, -0.25) is 4.79 Å². The first-order valence-electron chi connectivity index (χ1n) is 6.71. The third kappa shape index (κ3) is 4.64. The van der Waals surface area contributed by atoms with Crippen LogP contribution in [0.1, 0.15) is 39.5 Å². The summed E-state index contributed by atoms with van der Waals surface area (Å²) in [5.41, 5.74) is 0. The highest BCUT2D eigenvalue weighted by atomic mass is 16.5. The van der Waals surface area contributed by atoms with E-state index in [2.05, 4.69) is 17.6 Å². The van der Waals surface area contributed by atoms with Gasteiger partial charge < -0.3 is 15.4 Å². The molecule has 2 N–H and O–H groups in total. The Kier molecular flexibility index (Phi) is 6.52. The van der Waals surface area contributed by atoms with E-state index in [0.717, 1.165) is 5.92 Å². The summed E-state index contributed by atoms with van der Waals surface area (Å²) in [6.45, 7) is 5.32. The van der Waals surface area contributed by atoms with Crippen LogP contribution in [0.4, 0.5) is 0 Å². The summed E-state index contributed by atoms with van der Waals surface area (Å²) in [7, 11) is 1.64. The molecule has 0 saturated heterocycles. The molecule has 0 spiro atoms. The highest BCUT2D eigenvalue weighted by Gasteiger charge is 2.28. The molecule has 0 aromatic heterocycles. The monoisotopic (exact) mass is 242 g/mol. The van der Waals surface area contributed by atoms with Gasteiger partial charge in [0.05, 0.1) is 12.6 Å². The highest BCUT2D eigenvalue weighted by molar-refractivity contribution is 5.81. The fourth-order valence-electron chi connectivity index (χ4n) is 2.57. The van der Waals surface area contributed by atoms with E-state index in [-0.39, 0.29) is 11.9 Å². The van der Waals surface area contributed by atoms with Crippen LogP contribution >= 0.6 is 0 Å². The number of ether oxygens (including phenoxy) is 1. The molecule has 3 unspecified atom stereocenters. The lowest BCUT2D eigenvalue weighted by atomic mass is 10.00. The Morgan fingerprint density at radius 1 is 1.47 bits per heavy atom. The number of carbonyl (C=O) groups is 1. The number of rotatable bonds is 7. The van der Waals surface area contributed by atoms with Crippen molar-refractivity contribution in [3.8, 4) is 0 Å². The molecule has 0 aromatic carbocycles. The predicted octanol–water partition coefficient (Wildman–Crippen LogP) is 1.31. The van der Waals surface area contributed by atoms with Crippen molar-refractivity contribution in [3.05, 3.63) is 0 Å². The summed E-state index contributed by atoms with van der Waals surface area (Å²) in [6, 6.07) is 0.409. The van der Waals surface area contributed by atoms with E-state index in [1.54, 1.807) is 7.11 Å². The minimum atomic E-state index is -0.107. The molecule has 3 atom stereocenters. The zero-order valence-corrected chi connectivity index (χ0v) is 11.3. The lowest BCUT2D eigenvalue weighted by molar-refractivity contribution is -0.123. The molecule has 0 aliphatic heterocycles. The molecule has 1 rings (SSSR count). The molecule has 4 heteroatoms. The van der Waals surface area contributed by atoms with E-state index < -0.39 is 0 Å². The van der Waals surface area contributed by atoms with Crippen molar-refractivity contribution in [1.82, 2.24) is 10.6 Å². The average molecular weight is 242 g/mol. The normalized spacial score (nSPS) is 25.8. The van der Waals surface area contributed by atoms with E-state index >= 15 is 0 Å². The predicted molar refractivity (Wildman–Crippen MR) is 68.9 cm³/mol. The van der Waals surface area contributed by atoms with Crippen molar-refractivity contribution in [1.29, 1.82) is 0 Å². The fraction of sp³-hybridized carbons (Fsp3) is 0.923. The summed E-state index contributed by atoms with van der Waals surface area (Å²) in [4.78, 5) is 11.8. The molecule has 1 amide bonds. The summed E-state index contributed by atoms with van der Waals surface area (Å²) in [5, 5.41) is 6.32. The Balaban J connectivity index is 2.27. The molecule has 0 radical (unpaired) electrons. The first kappa shape index (κ1) is 14.5. The van der Waals surface area contributed by atoms with Crippen molar-refractivity contribution >= 4 is 5.91 Å². The van der Waals surface area contributed by atoms with Crippen LogP contribution in [0.15, 0.2) is 0 Å². The maximum absolute atomic E-state index is 11.8. The first-order valence-corrected chi connectivity index (χ1v) is 6.71. The van der Waals surface area contributed by atoms with Gasteiger partial charge in [0.1, 0.15) is 0 Å². The summed E-state index contributed by atoms with van der Waals surface area (Å²) >= 11 is 0. The topological polar surface area (TPSA) is 50.4 Å². The summed E-state index contributed by atoms with van der Waals surface area (Å²) in [5.74, 6) is 0.813. The largest absolute Gasteiger partial charge is 0.383 e. The van der Waals surface area contributed by atoms with Gasteiger partial charge in [-0.15, -0.1) is 0 Å². The number of amides is 1. The Hall–Kier alpha value is -0.610. The Morgan fingerprint density at radius 3 is 2.88 bits per heavy atom. The summed E-state index contributed by atoms with van der Waals surface area (Å²) < 4.78 is 4.90. The number of methoxy groups -OCH3 is 1. The minimum absolute atomic E-state index is 0.0730. The average Bonchev–Trinajstić information content (AvgIpc) is 2.76. The van der Waals surface area contributed by atoms with Crippen LogP contribution in [0.2, 0.25) is 0 Å². The maximum Gasteiger partial charge on any atom is 0.236 e. The number of carbonyl (C=O) groups excluding carboxylic acids is 1. The third-order valence-electron chi connectivity index (χ3n) is 3.65. The van der Waals surface area contributed by atoms with Crippen LogP contribution < -0.4 is 10.6 Å². The van der Waals surface area contributed by atoms with Crippen molar-refractivity contribution in [2.24, 2.45) is 5.92 Å². The Labute approximate surface area is 104 Å². The second-order valence-electron chi connectivity index (χ2n) is 4.88. The third-order valence-corrected chi connectivity index (χ3v) is 3.65. The molecule has 1 saturated carbocycles. The number of nitrogens with one attached hydrogen (secondary N) is 2. The van der Waals surface area contributed by atoms with Gasteiger partial charge in [-0.25, -0.2) is 0 Å². The van der Waals surface area contributed by atoms with E-state index in [1.807, 2.05) is 6.92 Å². The summed E-state index contributed by atoms with van der Waals surface area (Å²) in [6.07, 6.45) is 4.99. The van der Waals surface area contributed by atoms with Crippen LogP contribution in [0, 0.1) is 5.92 Å². The van der Waals surface area contributed by atoms with Gasteiger partial charge in [0, 0.05) is 19.7 Å². The van der Waals surface area contributed by atoms with Crippen LogP contribution in [0.3, 0.4) is 0 Å². The van der Waals surface area contributed by atoms with E-state index in [9.17, 15) is 4.79 Å². The van der Waals surface area contributed by atoms with Gasteiger partial charge >= 0.3 is 0 Å². The van der Waals surface area contributed by atoms with Crippen molar-refractivity contribution in [2.75, 3.05) is 20.3 Å². The first-order chi connectivity index (χ1) is 8.19.